The minimum absolute atomic E-state index is 0.0146. The average molecular weight is 329 g/mol. The van der Waals surface area contributed by atoms with Crippen molar-refractivity contribution in [2.75, 3.05) is 39.4 Å². The number of benzene rings is 1. The molecule has 2 fully saturated rings. The highest BCUT2D eigenvalue weighted by Crippen LogP contribution is 2.41. The molecule has 1 atom stereocenters. The number of ether oxygens (including phenoxy) is 1. The second-order valence-electron chi connectivity index (χ2n) is 6.01. The summed E-state index contributed by atoms with van der Waals surface area (Å²) < 4.78 is 19.4. The van der Waals surface area contributed by atoms with Crippen molar-refractivity contribution < 1.29 is 14.2 Å². The Kier molecular flexibility index (Phi) is 5.18. The first-order valence-corrected chi connectivity index (χ1v) is 8.25. The number of nitrogens with zero attached hydrogens (tertiary/aromatic N) is 1. The van der Waals surface area contributed by atoms with Gasteiger partial charge in [0.2, 0.25) is 0 Å². The van der Waals surface area contributed by atoms with Crippen LogP contribution in [-0.4, -0.2) is 49.4 Å². The number of piperazine rings is 1. The third-order valence-electron chi connectivity index (χ3n) is 4.63. The molecule has 0 aromatic heterocycles. The van der Waals surface area contributed by atoms with E-state index in [1.165, 1.54) is 6.07 Å². The number of aromatic hydroxyl groups is 1. The zero-order valence-electron chi connectivity index (χ0n) is 12.5. The predicted octanol–water partition coefficient (Wildman–Crippen LogP) is 2.56. The van der Waals surface area contributed by atoms with Crippen LogP contribution in [-0.2, 0) is 4.74 Å². The number of halogens is 2. The number of hydrogen-bond donors (Lipinski definition) is 2. The Labute approximate surface area is 135 Å². The summed E-state index contributed by atoms with van der Waals surface area (Å²) in [4.78, 5) is 2.33. The molecule has 0 spiro atoms. The van der Waals surface area contributed by atoms with Crippen LogP contribution in [0, 0.1) is 11.7 Å². The van der Waals surface area contributed by atoms with Gasteiger partial charge in [-0.15, -0.1) is 0 Å². The molecule has 2 heterocycles. The molecule has 2 aliphatic rings. The lowest BCUT2D eigenvalue weighted by molar-refractivity contribution is 0.0205. The topological polar surface area (TPSA) is 44.7 Å². The molecule has 2 aliphatic heterocycles. The lowest BCUT2D eigenvalue weighted by Gasteiger charge is -2.41. The van der Waals surface area contributed by atoms with Gasteiger partial charge in [-0.25, -0.2) is 4.39 Å². The zero-order valence-corrected chi connectivity index (χ0v) is 13.3. The third-order valence-corrected chi connectivity index (χ3v) is 4.85. The van der Waals surface area contributed by atoms with Crippen LogP contribution >= 0.6 is 11.6 Å². The quantitative estimate of drug-likeness (QED) is 0.895. The van der Waals surface area contributed by atoms with Crippen LogP contribution in [0.15, 0.2) is 12.1 Å². The predicted molar refractivity (Wildman–Crippen MR) is 83.8 cm³/mol. The molecule has 3 rings (SSSR count). The van der Waals surface area contributed by atoms with E-state index in [9.17, 15) is 9.50 Å². The van der Waals surface area contributed by atoms with Gasteiger partial charge in [0.25, 0.3) is 0 Å². The summed E-state index contributed by atoms with van der Waals surface area (Å²) in [5, 5.41) is 13.9. The van der Waals surface area contributed by atoms with Crippen molar-refractivity contribution >= 4 is 11.6 Å². The van der Waals surface area contributed by atoms with Crippen LogP contribution in [0.4, 0.5) is 4.39 Å². The fraction of sp³-hybridized carbons (Fsp3) is 0.625. The van der Waals surface area contributed by atoms with Gasteiger partial charge in [0.1, 0.15) is 0 Å². The van der Waals surface area contributed by atoms with Crippen LogP contribution in [0.1, 0.15) is 24.4 Å². The number of hydrogen-bond acceptors (Lipinski definition) is 4. The molecule has 0 aliphatic carbocycles. The molecule has 22 heavy (non-hydrogen) atoms. The van der Waals surface area contributed by atoms with E-state index >= 15 is 0 Å². The van der Waals surface area contributed by atoms with E-state index < -0.39 is 5.82 Å². The summed E-state index contributed by atoms with van der Waals surface area (Å²) in [6, 6.07) is 2.86. The molecule has 0 bridgehead atoms. The largest absolute Gasteiger partial charge is 0.505 e. The molecule has 4 nitrogen and oxygen atoms in total. The highest BCUT2D eigenvalue weighted by atomic mass is 35.5. The normalized spacial score (nSPS) is 22.6. The minimum atomic E-state index is -0.644. The molecule has 2 N–H and O–H groups in total. The number of rotatable bonds is 3. The molecule has 0 unspecified atom stereocenters. The summed E-state index contributed by atoms with van der Waals surface area (Å²) >= 11 is 6.04. The average Bonchev–Trinajstić information content (AvgIpc) is 2.54. The fourth-order valence-electron chi connectivity index (χ4n) is 3.55. The fourth-order valence-corrected chi connectivity index (χ4v) is 3.77. The van der Waals surface area contributed by atoms with Crippen LogP contribution < -0.4 is 5.32 Å². The molecule has 1 aromatic carbocycles. The molecule has 0 amide bonds. The first-order chi connectivity index (χ1) is 10.7. The molecule has 0 saturated carbocycles. The maximum absolute atomic E-state index is 13.9. The second kappa shape index (κ2) is 7.13. The Hall–Kier alpha value is -0.880. The Balaban J connectivity index is 1.96. The summed E-state index contributed by atoms with van der Waals surface area (Å²) in [6.45, 7) is 5.02. The van der Waals surface area contributed by atoms with Crippen LogP contribution in [0.25, 0.3) is 0 Å². The smallest absolute Gasteiger partial charge is 0.166 e. The van der Waals surface area contributed by atoms with Gasteiger partial charge < -0.3 is 15.2 Å². The first-order valence-electron chi connectivity index (χ1n) is 7.87. The molecular formula is C16H22ClFN2O2. The Bertz CT molecular complexity index is 499. The van der Waals surface area contributed by atoms with Gasteiger partial charge in [-0.05, 0) is 30.9 Å². The van der Waals surface area contributed by atoms with Crippen molar-refractivity contribution in [3.8, 4) is 5.75 Å². The Morgan fingerprint density at radius 1 is 1.27 bits per heavy atom. The Morgan fingerprint density at radius 2 is 1.95 bits per heavy atom. The molecule has 2 saturated heterocycles. The van der Waals surface area contributed by atoms with Crippen LogP contribution in [0.3, 0.4) is 0 Å². The van der Waals surface area contributed by atoms with E-state index in [0.717, 1.165) is 52.2 Å². The third kappa shape index (κ3) is 3.38. The summed E-state index contributed by atoms with van der Waals surface area (Å²) in [5.74, 6) is -0.565. The van der Waals surface area contributed by atoms with E-state index in [2.05, 4.69) is 10.2 Å². The van der Waals surface area contributed by atoms with Gasteiger partial charge in [-0.1, -0.05) is 11.6 Å². The molecule has 122 valence electrons. The van der Waals surface area contributed by atoms with Gasteiger partial charge >= 0.3 is 0 Å². The van der Waals surface area contributed by atoms with Crippen molar-refractivity contribution in [3.63, 3.8) is 0 Å². The molecule has 0 radical (unpaired) electrons. The van der Waals surface area contributed by atoms with Crippen molar-refractivity contribution in [3.05, 3.63) is 28.5 Å². The van der Waals surface area contributed by atoms with Gasteiger partial charge in [0.15, 0.2) is 11.6 Å². The second-order valence-corrected chi connectivity index (χ2v) is 6.44. The van der Waals surface area contributed by atoms with Gasteiger partial charge in [-0.2, -0.15) is 0 Å². The van der Waals surface area contributed by atoms with E-state index in [4.69, 9.17) is 16.3 Å². The van der Waals surface area contributed by atoms with Crippen molar-refractivity contribution in [1.29, 1.82) is 0 Å². The maximum atomic E-state index is 13.9. The highest BCUT2D eigenvalue weighted by molar-refractivity contribution is 6.30. The first kappa shape index (κ1) is 16.0. The van der Waals surface area contributed by atoms with Crippen molar-refractivity contribution in [2.45, 2.75) is 18.9 Å². The van der Waals surface area contributed by atoms with E-state index in [0.29, 0.717) is 16.5 Å². The van der Waals surface area contributed by atoms with Crippen LogP contribution in [0.2, 0.25) is 5.02 Å². The van der Waals surface area contributed by atoms with E-state index in [1.807, 2.05) is 0 Å². The molecule has 6 heteroatoms. The van der Waals surface area contributed by atoms with Crippen LogP contribution in [0.5, 0.6) is 5.75 Å². The van der Waals surface area contributed by atoms with Gasteiger partial charge in [0.05, 0.1) is 0 Å². The lowest BCUT2D eigenvalue weighted by atomic mass is 9.85. The number of phenolic OH excluding ortho intramolecular Hbond substituents is 1. The summed E-state index contributed by atoms with van der Waals surface area (Å²) in [7, 11) is 0. The standard InChI is InChI=1S/C16H22ClFN2O2/c17-12-9-13(16(21)14(18)10-12)15(11-1-7-22-8-2-11)20-5-3-19-4-6-20/h9-11,15,19,21H,1-8H2/t15-/m1/s1. The maximum Gasteiger partial charge on any atom is 0.166 e. The van der Waals surface area contributed by atoms with Gasteiger partial charge in [-0.3, -0.25) is 4.90 Å². The highest BCUT2D eigenvalue weighted by Gasteiger charge is 2.33. The number of nitrogens with one attached hydrogen (secondary N) is 1. The Morgan fingerprint density at radius 3 is 2.64 bits per heavy atom. The van der Waals surface area contributed by atoms with Crippen molar-refractivity contribution in [2.24, 2.45) is 5.92 Å². The summed E-state index contributed by atoms with van der Waals surface area (Å²) in [6.07, 6.45) is 1.84. The SMILES string of the molecule is Oc1c(F)cc(Cl)cc1[C@@H](C1CCOCC1)N1CCNCC1. The number of phenols is 1. The van der Waals surface area contributed by atoms with Gasteiger partial charge in [0, 0.05) is 56.0 Å². The molecular weight excluding hydrogens is 307 g/mol. The lowest BCUT2D eigenvalue weighted by Crippen LogP contribution is -2.47. The summed E-state index contributed by atoms with van der Waals surface area (Å²) in [5.41, 5.74) is 0.610. The van der Waals surface area contributed by atoms with E-state index in [-0.39, 0.29) is 11.8 Å². The monoisotopic (exact) mass is 328 g/mol. The van der Waals surface area contributed by atoms with E-state index in [1.54, 1.807) is 6.07 Å². The zero-order chi connectivity index (χ0) is 15.5. The molecule has 1 aromatic rings. The van der Waals surface area contributed by atoms with Crippen molar-refractivity contribution in [1.82, 2.24) is 10.2 Å². The minimum Gasteiger partial charge on any atom is -0.505 e.